The van der Waals surface area contributed by atoms with E-state index in [9.17, 15) is 31.1 Å². The van der Waals surface area contributed by atoms with Gasteiger partial charge in [0.2, 0.25) is 0 Å². The molecule has 2 unspecified atom stereocenters. The Labute approximate surface area is 184 Å². The zero-order valence-corrected chi connectivity index (χ0v) is 17.2. The molecule has 0 aliphatic carbocycles. The highest BCUT2D eigenvalue weighted by molar-refractivity contribution is 5.75. The summed E-state index contributed by atoms with van der Waals surface area (Å²) in [5.41, 5.74) is -0.278. The maximum Gasteiger partial charge on any atom is 0.471 e. The van der Waals surface area contributed by atoms with Gasteiger partial charge < -0.3 is 19.1 Å². The number of piperidine rings is 1. The van der Waals surface area contributed by atoms with E-state index in [2.05, 4.69) is 14.7 Å². The van der Waals surface area contributed by atoms with Gasteiger partial charge in [0.15, 0.2) is 5.82 Å². The normalized spacial score (nSPS) is 22.5. The Hall–Kier alpha value is -2.83. The van der Waals surface area contributed by atoms with Crippen LogP contribution in [0.2, 0.25) is 0 Å². The number of ether oxygens (including phenoxy) is 1. The summed E-state index contributed by atoms with van der Waals surface area (Å²) in [7, 11) is 0. The fraction of sp³-hybridized carbons (Fsp3) is 0.550. The Morgan fingerprint density at radius 3 is 2.12 bits per heavy atom. The lowest BCUT2D eigenvalue weighted by atomic mass is 9.84. The number of halogens is 6. The molecule has 13 heteroatoms. The minimum atomic E-state index is -4.81. The van der Waals surface area contributed by atoms with Crippen molar-refractivity contribution in [2.24, 2.45) is 0 Å². The smallest absolute Gasteiger partial charge is 0.378 e. The summed E-state index contributed by atoms with van der Waals surface area (Å²) in [4.78, 5) is 19.6. The third kappa shape index (κ3) is 5.23. The summed E-state index contributed by atoms with van der Waals surface area (Å²) in [5, 5.41) is 3.46. The number of benzene rings is 1. The number of nitrogens with zero attached hydrogens (tertiary/aromatic N) is 4. The van der Waals surface area contributed by atoms with E-state index in [1.807, 2.05) is 0 Å². The molecule has 7 nitrogen and oxygen atoms in total. The summed E-state index contributed by atoms with van der Waals surface area (Å²) < 4.78 is 87.1. The monoisotopic (exact) mass is 478 g/mol. The number of carbonyl (C=O) groups is 1. The summed E-state index contributed by atoms with van der Waals surface area (Å²) in [6.07, 6.45) is -9.06. The molecule has 2 aliphatic heterocycles. The molecule has 2 aromatic rings. The molecule has 2 saturated heterocycles. The fourth-order valence-corrected chi connectivity index (χ4v) is 4.10. The number of hydrogen-bond donors (Lipinski definition) is 0. The van der Waals surface area contributed by atoms with Gasteiger partial charge in [0.05, 0.1) is 18.8 Å². The van der Waals surface area contributed by atoms with Gasteiger partial charge in [-0.15, -0.1) is 0 Å². The predicted molar refractivity (Wildman–Crippen MR) is 100 cm³/mol. The van der Waals surface area contributed by atoms with Crippen molar-refractivity contribution in [1.82, 2.24) is 19.9 Å². The number of likely N-dealkylation sites (tertiary alicyclic amines) is 1. The molecule has 33 heavy (non-hydrogen) atoms. The van der Waals surface area contributed by atoms with E-state index in [0.717, 1.165) is 12.1 Å². The zero-order valence-electron chi connectivity index (χ0n) is 17.2. The van der Waals surface area contributed by atoms with Crippen LogP contribution in [0.15, 0.2) is 28.8 Å². The second-order valence-electron chi connectivity index (χ2n) is 7.99. The number of hydrogen-bond acceptors (Lipinski definition) is 5. The van der Waals surface area contributed by atoms with Gasteiger partial charge in [0, 0.05) is 38.0 Å². The van der Waals surface area contributed by atoms with Crippen LogP contribution < -0.4 is 0 Å². The second kappa shape index (κ2) is 8.84. The lowest BCUT2D eigenvalue weighted by Gasteiger charge is -2.40. The minimum absolute atomic E-state index is 0.0597. The molecule has 0 radical (unpaired) electrons. The van der Waals surface area contributed by atoms with E-state index in [1.165, 1.54) is 17.0 Å². The van der Waals surface area contributed by atoms with E-state index in [4.69, 9.17) is 4.74 Å². The topological polar surface area (TPSA) is 71.7 Å². The highest BCUT2D eigenvalue weighted by atomic mass is 19.4. The maximum absolute atomic E-state index is 13.1. The molecule has 2 atom stereocenters. The molecule has 0 N–H and O–H groups in total. The number of morpholine rings is 1. The molecule has 1 aromatic heterocycles. The summed E-state index contributed by atoms with van der Waals surface area (Å²) in [6.45, 7) is 1.72. The molecule has 1 aromatic carbocycles. The molecule has 2 amide bonds. The van der Waals surface area contributed by atoms with E-state index >= 15 is 0 Å². The van der Waals surface area contributed by atoms with E-state index < -0.39 is 35.6 Å². The van der Waals surface area contributed by atoms with E-state index in [-0.39, 0.29) is 31.4 Å². The highest BCUT2D eigenvalue weighted by Crippen LogP contribution is 2.38. The number of alkyl halides is 6. The molecule has 180 valence electrons. The number of urea groups is 1. The minimum Gasteiger partial charge on any atom is -0.378 e. The number of aromatic nitrogens is 2. The Morgan fingerprint density at radius 2 is 1.55 bits per heavy atom. The van der Waals surface area contributed by atoms with E-state index in [0.29, 0.717) is 31.9 Å². The van der Waals surface area contributed by atoms with Crippen LogP contribution in [0.1, 0.15) is 41.1 Å². The van der Waals surface area contributed by atoms with Crippen LogP contribution in [0.5, 0.6) is 0 Å². The number of rotatable bonds is 2. The van der Waals surface area contributed by atoms with Crippen molar-refractivity contribution in [1.29, 1.82) is 0 Å². The first-order valence-corrected chi connectivity index (χ1v) is 10.2. The van der Waals surface area contributed by atoms with Crippen molar-refractivity contribution >= 4 is 6.03 Å². The number of carbonyl (C=O) groups excluding carboxylic acids is 1. The molecule has 2 fully saturated rings. The average molecular weight is 478 g/mol. The third-order valence-electron chi connectivity index (χ3n) is 5.76. The first-order valence-electron chi connectivity index (χ1n) is 10.2. The van der Waals surface area contributed by atoms with Gasteiger partial charge in [-0.3, -0.25) is 0 Å². The lowest BCUT2D eigenvalue weighted by molar-refractivity contribution is -0.159. The van der Waals surface area contributed by atoms with Gasteiger partial charge in [-0.1, -0.05) is 17.3 Å². The molecular formula is C20H20F6N4O3. The quantitative estimate of drug-likeness (QED) is 0.607. The summed E-state index contributed by atoms with van der Waals surface area (Å²) in [5.74, 6) is -2.79. The van der Waals surface area contributed by atoms with Crippen molar-refractivity contribution in [2.45, 2.75) is 30.6 Å². The van der Waals surface area contributed by atoms with Crippen molar-refractivity contribution in [3.8, 4) is 0 Å². The molecular weight excluding hydrogens is 458 g/mol. The Morgan fingerprint density at radius 1 is 0.909 bits per heavy atom. The van der Waals surface area contributed by atoms with Crippen molar-refractivity contribution < 1.29 is 40.4 Å². The molecule has 3 heterocycles. The molecule has 4 rings (SSSR count). The average Bonchev–Trinajstić information content (AvgIpc) is 3.29. The largest absolute Gasteiger partial charge is 0.471 e. The molecule has 0 spiro atoms. The van der Waals surface area contributed by atoms with Gasteiger partial charge in [-0.05, 0) is 24.1 Å². The van der Waals surface area contributed by atoms with Gasteiger partial charge >= 0.3 is 24.3 Å². The predicted octanol–water partition coefficient (Wildman–Crippen LogP) is 4.13. The van der Waals surface area contributed by atoms with Crippen LogP contribution in [-0.2, 0) is 17.1 Å². The van der Waals surface area contributed by atoms with Crippen LogP contribution in [0.4, 0.5) is 31.1 Å². The lowest BCUT2D eigenvalue weighted by Crippen LogP contribution is -2.52. The van der Waals surface area contributed by atoms with Gasteiger partial charge in [0.1, 0.15) is 0 Å². The van der Waals surface area contributed by atoms with Crippen LogP contribution in [0.25, 0.3) is 0 Å². The zero-order chi connectivity index (χ0) is 23.8. The Bertz CT molecular complexity index is 969. The fourth-order valence-electron chi connectivity index (χ4n) is 4.10. The Balaban J connectivity index is 1.60. The SMILES string of the molecule is O=C(N1CCOCC1)N1CC(c2ccc(C(F)(F)F)cc2)CC(c2noc(C(F)(F)F)n2)C1. The molecule has 2 aliphatic rings. The van der Waals surface area contributed by atoms with Crippen molar-refractivity contribution in [2.75, 3.05) is 39.4 Å². The highest BCUT2D eigenvalue weighted by Gasteiger charge is 2.41. The van der Waals surface area contributed by atoms with E-state index in [1.54, 1.807) is 4.90 Å². The second-order valence-corrected chi connectivity index (χ2v) is 7.99. The standard InChI is InChI=1S/C20H20F6N4O3/c21-19(22,23)15-3-1-12(2-4-15)13-9-14(16-27-17(33-28-16)20(24,25)26)11-30(10-13)18(31)29-5-7-32-8-6-29/h1-4,13-14H,5-11H2. The Kier molecular flexibility index (Phi) is 6.25. The van der Waals surface area contributed by atoms with Crippen LogP contribution >= 0.6 is 0 Å². The van der Waals surface area contributed by atoms with Gasteiger partial charge in [-0.25, -0.2) is 4.79 Å². The van der Waals surface area contributed by atoms with Gasteiger partial charge in [-0.2, -0.15) is 31.3 Å². The van der Waals surface area contributed by atoms with Crippen LogP contribution in [0, 0.1) is 0 Å². The molecule has 0 saturated carbocycles. The third-order valence-corrected chi connectivity index (χ3v) is 5.76. The van der Waals surface area contributed by atoms with Crippen LogP contribution in [-0.4, -0.2) is 65.4 Å². The van der Waals surface area contributed by atoms with Gasteiger partial charge in [0.25, 0.3) is 0 Å². The molecule has 0 bridgehead atoms. The van der Waals surface area contributed by atoms with Crippen molar-refractivity contribution in [3.05, 3.63) is 47.1 Å². The van der Waals surface area contributed by atoms with Crippen LogP contribution in [0.3, 0.4) is 0 Å². The summed E-state index contributed by atoms with van der Waals surface area (Å²) >= 11 is 0. The first-order chi connectivity index (χ1) is 15.5. The summed E-state index contributed by atoms with van der Waals surface area (Å²) in [6, 6.07) is 4.22. The number of amides is 2. The maximum atomic E-state index is 13.1. The van der Waals surface area contributed by atoms with Crippen molar-refractivity contribution in [3.63, 3.8) is 0 Å². The first kappa shape index (κ1) is 23.3.